The second-order valence-electron chi connectivity index (χ2n) is 5.01. The number of aryl methyl sites for hydroxylation is 1. The lowest BCUT2D eigenvalue weighted by Crippen LogP contribution is -1.97. The highest BCUT2D eigenvalue weighted by Gasteiger charge is 2.19. The highest BCUT2D eigenvalue weighted by molar-refractivity contribution is 5.91. The molecule has 2 aromatic rings. The number of carbonyl (C=O) groups is 1. The molecule has 4 heteroatoms. The van der Waals surface area contributed by atoms with Crippen LogP contribution in [-0.4, -0.2) is 16.1 Å². The van der Waals surface area contributed by atoms with E-state index in [4.69, 9.17) is 9.52 Å². The molecule has 1 heterocycles. The number of carboxylic acids is 1. The smallest absolute Gasteiger partial charge is 0.374 e. The van der Waals surface area contributed by atoms with Gasteiger partial charge in [0.1, 0.15) is 5.69 Å². The summed E-state index contributed by atoms with van der Waals surface area (Å²) in [7, 11) is 0. The Balaban J connectivity index is 2.34. The summed E-state index contributed by atoms with van der Waals surface area (Å²) in [5, 5.41) is 9.08. The fraction of sp³-hybridized carbons (Fsp3) is 0.333. The van der Waals surface area contributed by atoms with Crippen LogP contribution in [0.15, 0.2) is 28.7 Å². The Morgan fingerprint density at radius 2 is 1.95 bits per heavy atom. The van der Waals surface area contributed by atoms with Crippen molar-refractivity contribution < 1.29 is 14.3 Å². The molecule has 0 saturated carbocycles. The van der Waals surface area contributed by atoms with Crippen LogP contribution in [0.1, 0.15) is 35.9 Å². The molecular weight excluding hydrogens is 242 g/mol. The third-order valence-corrected chi connectivity index (χ3v) is 2.80. The molecule has 1 aromatic heterocycles. The van der Waals surface area contributed by atoms with Crippen LogP contribution in [-0.2, 0) is 6.42 Å². The van der Waals surface area contributed by atoms with E-state index in [1.54, 1.807) is 6.92 Å². The predicted molar refractivity (Wildman–Crippen MR) is 72.2 cm³/mol. The van der Waals surface area contributed by atoms with Crippen molar-refractivity contribution in [2.75, 3.05) is 0 Å². The summed E-state index contributed by atoms with van der Waals surface area (Å²) in [4.78, 5) is 15.2. The number of benzene rings is 1. The standard InChI is InChI=1S/C15H17NO3/c1-9(2)8-11-4-6-12(7-5-11)13-14(15(17)18)19-10(3)16-13/h4-7,9H,8H2,1-3H3,(H,17,18). The highest BCUT2D eigenvalue weighted by Crippen LogP contribution is 2.24. The van der Waals surface area contributed by atoms with Gasteiger partial charge >= 0.3 is 5.97 Å². The first-order chi connectivity index (χ1) is 8.97. The van der Waals surface area contributed by atoms with Gasteiger partial charge in [0.05, 0.1) is 0 Å². The summed E-state index contributed by atoms with van der Waals surface area (Å²) >= 11 is 0. The van der Waals surface area contributed by atoms with E-state index < -0.39 is 5.97 Å². The van der Waals surface area contributed by atoms with Gasteiger partial charge < -0.3 is 9.52 Å². The summed E-state index contributed by atoms with van der Waals surface area (Å²) in [5.74, 6) is -0.246. The van der Waals surface area contributed by atoms with Gasteiger partial charge in [0.25, 0.3) is 0 Å². The topological polar surface area (TPSA) is 63.3 Å². The second-order valence-corrected chi connectivity index (χ2v) is 5.01. The van der Waals surface area contributed by atoms with Gasteiger partial charge in [-0.2, -0.15) is 0 Å². The zero-order chi connectivity index (χ0) is 14.0. The van der Waals surface area contributed by atoms with Gasteiger partial charge in [0.15, 0.2) is 5.89 Å². The van der Waals surface area contributed by atoms with Crippen LogP contribution in [0.3, 0.4) is 0 Å². The quantitative estimate of drug-likeness (QED) is 0.912. The van der Waals surface area contributed by atoms with E-state index in [0.29, 0.717) is 17.5 Å². The monoisotopic (exact) mass is 259 g/mol. The maximum atomic E-state index is 11.1. The first-order valence-electron chi connectivity index (χ1n) is 6.27. The number of rotatable bonds is 4. The highest BCUT2D eigenvalue weighted by atomic mass is 16.4. The van der Waals surface area contributed by atoms with E-state index in [9.17, 15) is 4.79 Å². The molecule has 0 amide bonds. The molecule has 0 unspecified atom stereocenters. The molecule has 1 aromatic carbocycles. The lowest BCUT2D eigenvalue weighted by molar-refractivity contribution is 0.0662. The molecule has 100 valence electrons. The van der Waals surface area contributed by atoms with E-state index in [-0.39, 0.29) is 5.76 Å². The first kappa shape index (κ1) is 13.3. The van der Waals surface area contributed by atoms with Gasteiger partial charge in [0, 0.05) is 12.5 Å². The normalized spacial score (nSPS) is 10.9. The summed E-state index contributed by atoms with van der Waals surface area (Å²) in [6, 6.07) is 7.79. The number of nitrogens with zero attached hydrogens (tertiary/aromatic N) is 1. The number of carboxylic acid groups (broad SMARTS) is 1. The molecule has 19 heavy (non-hydrogen) atoms. The van der Waals surface area contributed by atoms with Crippen molar-refractivity contribution >= 4 is 5.97 Å². The van der Waals surface area contributed by atoms with E-state index in [2.05, 4.69) is 18.8 Å². The summed E-state index contributed by atoms with van der Waals surface area (Å²) in [6.45, 7) is 5.97. The zero-order valence-electron chi connectivity index (χ0n) is 11.3. The first-order valence-corrected chi connectivity index (χ1v) is 6.27. The van der Waals surface area contributed by atoms with Crippen LogP contribution in [0, 0.1) is 12.8 Å². The van der Waals surface area contributed by atoms with Crippen LogP contribution in [0.25, 0.3) is 11.3 Å². The SMILES string of the molecule is Cc1nc(-c2ccc(CC(C)C)cc2)c(C(=O)O)o1. The number of hydrogen-bond acceptors (Lipinski definition) is 3. The molecular formula is C15H17NO3. The van der Waals surface area contributed by atoms with Crippen molar-refractivity contribution in [3.05, 3.63) is 41.5 Å². The van der Waals surface area contributed by atoms with E-state index >= 15 is 0 Å². The van der Waals surface area contributed by atoms with Crippen LogP contribution in [0.2, 0.25) is 0 Å². The second kappa shape index (κ2) is 5.26. The molecule has 0 fully saturated rings. The summed E-state index contributed by atoms with van der Waals surface area (Å²) in [6.07, 6.45) is 1.00. The fourth-order valence-electron chi connectivity index (χ4n) is 2.04. The number of oxazole rings is 1. The summed E-state index contributed by atoms with van der Waals surface area (Å²) < 4.78 is 5.11. The van der Waals surface area contributed by atoms with Crippen LogP contribution < -0.4 is 0 Å². The molecule has 0 aliphatic rings. The van der Waals surface area contributed by atoms with Gasteiger partial charge in [-0.25, -0.2) is 9.78 Å². The van der Waals surface area contributed by atoms with Crippen molar-refractivity contribution in [3.63, 3.8) is 0 Å². The van der Waals surface area contributed by atoms with Gasteiger partial charge in [0.2, 0.25) is 5.76 Å². The minimum Gasteiger partial charge on any atom is -0.475 e. The minimum atomic E-state index is -1.10. The van der Waals surface area contributed by atoms with Crippen molar-refractivity contribution in [2.45, 2.75) is 27.2 Å². The third-order valence-electron chi connectivity index (χ3n) is 2.80. The molecule has 0 spiro atoms. The molecule has 0 aliphatic carbocycles. The number of aromatic carboxylic acids is 1. The van der Waals surface area contributed by atoms with Gasteiger partial charge in [-0.3, -0.25) is 0 Å². The molecule has 0 aliphatic heterocycles. The van der Waals surface area contributed by atoms with E-state index in [0.717, 1.165) is 12.0 Å². The molecule has 0 radical (unpaired) electrons. The van der Waals surface area contributed by atoms with Crippen molar-refractivity contribution in [1.29, 1.82) is 0 Å². The van der Waals surface area contributed by atoms with Crippen LogP contribution >= 0.6 is 0 Å². The minimum absolute atomic E-state index is 0.103. The third kappa shape index (κ3) is 3.02. The van der Waals surface area contributed by atoms with Gasteiger partial charge in [-0.1, -0.05) is 38.1 Å². The Hall–Kier alpha value is -2.10. The largest absolute Gasteiger partial charge is 0.475 e. The lowest BCUT2D eigenvalue weighted by atomic mass is 10.0. The molecule has 0 saturated heterocycles. The van der Waals surface area contributed by atoms with Crippen LogP contribution in [0.5, 0.6) is 0 Å². The maximum Gasteiger partial charge on any atom is 0.374 e. The van der Waals surface area contributed by atoms with Crippen LogP contribution in [0.4, 0.5) is 0 Å². The zero-order valence-corrected chi connectivity index (χ0v) is 11.3. The molecule has 2 rings (SSSR count). The molecule has 4 nitrogen and oxygen atoms in total. The Morgan fingerprint density at radius 1 is 1.32 bits per heavy atom. The summed E-state index contributed by atoms with van der Waals surface area (Å²) in [5.41, 5.74) is 2.39. The van der Waals surface area contributed by atoms with Crippen molar-refractivity contribution in [2.24, 2.45) is 5.92 Å². The Labute approximate surface area is 112 Å². The van der Waals surface area contributed by atoms with Crippen molar-refractivity contribution in [3.8, 4) is 11.3 Å². The lowest BCUT2D eigenvalue weighted by Gasteiger charge is -2.05. The predicted octanol–water partition coefficient (Wildman–Crippen LogP) is 3.55. The van der Waals surface area contributed by atoms with E-state index in [1.807, 2.05) is 24.3 Å². The van der Waals surface area contributed by atoms with Gasteiger partial charge in [-0.15, -0.1) is 0 Å². The average Bonchev–Trinajstić information content (AvgIpc) is 2.72. The maximum absolute atomic E-state index is 11.1. The molecule has 1 N–H and O–H groups in total. The average molecular weight is 259 g/mol. The number of aromatic nitrogens is 1. The Kier molecular flexibility index (Phi) is 3.69. The molecule has 0 bridgehead atoms. The van der Waals surface area contributed by atoms with E-state index in [1.165, 1.54) is 5.56 Å². The Morgan fingerprint density at radius 3 is 2.47 bits per heavy atom. The number of hydrogen-bond donors (Lipinski definition) is 1. The van der Waals surface area contributed by atoms with Gasteiger partial charge in [-0.05, 0) is 17.9 Å². The molecule has 0 atom stereocenters. The fourth-order valence-corrected chi connectivity index (χ4v) is 2.04. The Bertz CT molecular complexity index is 582. The van der Waals surface area contributed by atoms with Crippen molar-refractivity contribution in [1.82, 2.24) is 4.98 Å².